The Labute approximate surface area is 461 Å². The van der Waals surface area contributed by atoms with Gasteiger partial charge in [0.2, 0.25) is 0 Å². The zero-order chi connectivity index (χ0) is 55.1. The van der Waals surface area contributed by atoms with Gasteiger partial charge in [-0.2, -0.15) is 0 Å². The molecule has 18 nitrogen and oxygen atoms in total. The second-order valence-corrected chi connectivity index (χ2v) is 18.9. The van der Waals surface area contributed by atoms with Crippen molar-refractivity contribution in [2.45, 2.75) is 27.9 Å². The SMILES string of the molecule is C.C.CN(C)CCOC(=O)c1c(-c2ccc[nH]c2=O)c2c3occc3c(F)cc2n1Cc1cc(N)nc2ccccc12.CNCCOC(=O)c1c(-c2ccc[nH]c2=O)c2c3occc3c(F)cc2n1Cc1cc(N)nc2ccccc12. The van der Waals surface area contributed by atoms with Crippen LogP contribution in [0.15, 0.2) is 153 Å². The first-order chi connectivity index (χ1) is 38.3. The summed E-state index contributed by atoms with van der Waals surface area (Å²) in [5.41, 5.74) is 16.8. The summed E-state index contributed by atoms with van der Waals surface area (Å²) < 4.78 is 56.9. The van der Waals surface area contributed by atoms with E-state index in [0.29, 0.717) is 68.7 Å². The van der Waals surface area contributed by atoms with Gasteiger partial charge in [-0.3, -0.25) is 9.59 Å². The maximum atomic E-state index is 15.4. The van der Waals surface area contributed by atoms with E-state index in [9.17, 15) is 19.2 Å². The maximum absolute atomic E-state index is 15.4. The number of para-hydroxylation sites is 2. The number of nitrogens with zero attached hydrogens (tertiary/aromatic N) is 5. The highest BCUT2D eigenvalue weighted by atomic mass is 19.1. The van der Waals surface area contributed by atoms with Crippen molar-refractivity contribution in [2.75, 3.05) is 58.9 Å². The quantitative estimate of drug-likeness (QED) is 0.0502. The Morgan fingerprint density at radius 3 is 1.51 bits per heavy atom. The summed E-state index contributed by atoms with van der Waals surface area (Å²) >= 11 is 0. The fraction of sp³-hybridized carbons (Fsp3) is 0.180. The monoisotopic (exact) mass is 1100 g/mol. The minimum atomic E-state index is -0.661. The predicted octanol–water partition coefficient (Wildman–Crippen LogP) is 10.5. The Hall–Kier alpha value is -9.92. The van der Waals surface area contributed by atoms with Crippen LogP contribution in [-0.2, 0) is 22.6 Å². The summed E-state index contributed by atoms with van der Waals surface area (Å²) in [6.07, 6.45) is 5.78. The molecule has 0 atom stereocenters. The molecule has 0 spiro atoms. The third-order valence-corrected chi connectivity index (χ3v) is 13.7. The van der Waals surface area contributed by atoms with Gasteiger partial charge in [-0.25, -0.2) is 28.3 Å². The van der Waals surface area contributed by atoms with Crippen LogP contribution >= 0.6 is 0 Å². The van der Waals surface area contributed by atoms with E-state index in [1.807, 2.05) is 67.5 Å². The number of nitrogens with two attached hydrogens (primary N) is 2. The average molecular weight is 1100 g/mol. The molecule has 0 aliphatic carbocycles. The van der Waals surface area contributed by atoms with Crippen molar-refractivity contribution in [3.05, 3.63) is 189 Å². The lowest BCUT2D eigenvalue weighted by molar-refractivity contribution is 0.0468. The lowest BCUT2D eigenvalue weighted by Crippen LogP contribution is -2.22. The Morgan fingerprint density at radius 1 is 0.630 bits per heavy atom. The van der Waals surface area contributed by atoms with E-state index in [2.05, 4.69) is 25.3 Å². The molecule has 8 aromatic heterocycles. The van der Waals surface area contributed by atoms with Crippen LogP contribution in [0.5, 0.6) is 0 Å². The number of hydrogen-bond donors (Lipinski definition) is 5. The number of fused-ring (bicyclic) bond motifs is 8. The van der Waals surface area contributed by atoms with E-state index in [4.69, 9.17) is 29.8 Å². The number of halogens is 2. The van der Waals surface area contributed by atoms with E-state index >= 15 is 8.78 Å². The summed E-state index contributed by atoms with van der Waals surface area (Å²) in [5.74, 6) is -1.74. The summed E-state index contributed by atoms with van der Waals surface area (Å²) in [7, 11) is 5.49. The van der Waals surface area contributed by atoms with Gasteiger partial charge in [0, 0.05) is 60.5 Å². The van der Waals surface area contributed by atoms with E-state index in [1.165, 1.54) is 49.2 Å². The molecule has 0 saturated carbocycles. The highest BCUT2D eigenvalue weighted by molar-refractivity contribution is 6.19. The molecule has 0 aliphatic heterocycles. The Balaban J connectivity index is 0.000000191. The number of furan rings is 2. The zero-order valence-corrected chi connectivity index (χ0v) is 42.9. The van der Waals surface area contributed by atoms with E-state index < -0.39 is 34.7 Å². The number of anilines is 2. The molecule has 0 saturated heterocycles. The first kappa shape index (κ1) is 55.8. The smallest absolute Gasteiger partial charge is 0.355 e. The molecule has 0 unspecified atom stereocenters. The van der Waals surface area contributed by atoms with Crippen LogP contribution in [0, 0.1) is 11.6 Å². The van der Waals surface area contributed by atoms with Gasteiger partial charge in [0.05, 0.1) is 67.3 Å². The molecule has 0 fully saturated rings. The van der Waals surface area contributed by atoms with E-state index in [0.717, 1.165) is 21.9 Å². The van der Waals surface area contributed by atoms with Crippen LogP contribution in [0.2, 0.25) is 0 Å². The number of pyridine rings is 4. The minimum Gasteiger partial charge on any atom is -0.463 e. The number of nitrogen functional groups attached to an aromatic ring is 2. The van der Waals surface area contributed by atoms with Crippen LogP contribution in [0.25, 0.3) is 87.8 Å². The average Bonchev–Trinajstić information content (AvgIpc) is 2.33. The third kappa shape index (κ3) is 10.4. The summed E-state index contributed by atoms with van der Waals surface area (Å²) in [4.78, 5) is 69.9. The van der Waals surface area contributed by atoms with Gasteiger partial charge in [-0.1, -0.05) is 51.3 Å². The van der Waals surface area contributed by atoms with Gasteiger partial charge in [0.15, 0.2) is 0 Å². The van der Waals surface area contributed by atoms with Crippen molar-refractivity contribution in [2.24, 2.45) is 0 Å². The summed E-state index contributed by atoms with van der Waals surface area (Å²) in [6.45, 7) is 1.38. The van der Waals surface area contributed by atoms with Crippen molar-refractivity contribution >= 4 is 89.1 Å². The van der Waals surface area contributed by atoms with Crippen LogP contribution in [-0.4, -0.2) is 93.4 Å². The Kier molecular flexibility index (Phi) is 16.0. The second kappa shape index (κ2) is 23.2. The first-order valence-electron chi connectivity index (χ1n) is 25.0. The molecule has 81 heavy (non-hydrogen) atoms. The second-order valence-electron chi connectivity index (χ2n) is 18.9. The van der Waals surface area contributed by atoms with Crippen molar-refractivity contribution in [1.29, 1.82) is 0 Å². The number of aromatic amines is 2. The Morgan fingerprint density at radius 2 is 1.07 bits per heavy atom. The number of ether oxygens (including phenoxy) is 2. The van der Waals surface area contributed by atoms with Crippen molar-refractivity contribution < 1.29 is 36.7 Å². The fourth-order valence-electron chi connectivity index (χ4n) is 10.2. The lowest BCUT2D eigenvalue weighted by Gasteiger charge is -2.15. The van der Waals surface area contributed by atoms with E-state index in [1.54, 1.807) is 52.6 Å². The number of hydrogen-bond acceptors (Lipinski definition) is 14. The molecular weight excluding hydrogens is 1040 g/mol. The highest BCUT2D eigenvalue weighted by Gasteiger charge is 2.32. The zero-order valence-electron chi connectivity index (χ0n) is 42.9. The minimum absolute atomic E-state index is 0. The molecule has 4 aromatic carbocycles. The maximum Gasteiger partial charge on any atom is 0.355 e. The molecule has 0 bridgehead atoms. The highest BCUT2D eigenvalue weighted by Crippen LogP contribution is 2.43. The molecule has 0 radical (unpaired) electrons. The van der Waals surface area contributed by atoms with Gasteiger partial charge < -0.3 is 59.1 Å². The lowest BCUT2D eigenvalue weighted by atomic mass is 10.0. The molecule has 12 aromatic rings. The number of esters is 2. The first-order valence-corrected chi connectivity index (χ1v) is 25.0. The number of nitrogens with one attached hydrogen (secondary N) is 3. The molecule has 0 amide bonds. The van der Waals surface area contributed by atoms with Crippen LogP contribution in [0.4, 0.5) is 20.4 Å². The summed E-state index contributed by atoms with van der Waals surface area (Å²) in [5, 5.41) is 5.93. The molecule has 12 rings (SSSR count). The molecule has 0 aliphatic rings. The molecule has 8 heterocycles. The number of rotatable bonds is 14. The molecular formula is C61H58F2N10O8. The van der Waals surface area contributed by atoms with Gasteiger partial charge in [0.1, 0.15) is 59.0 Å². The van der Waals surface area contributed by atoms with Crippen molar-refractivity contribution in [3.63, 3.8) is 0 Å². The van der Waals surface area contributed by atoms with Gasteiger partial charge in [-0.05, 0) is 105 Å². The van der Waals surface area contributed by atoms with Crippen LogP contribution in [0.3, 0.4) is 0 Å². The number of benzene rings is 4. The van der Waals surface area contributed by atoms with Crippen molar-refractivity contribution in [1.82, 2.24) is 39.3 Å². The normalized spacial score (nSPS) is 11.3. The molecule has 7 N–H and O–H groups in total. The molecule has 414 valence electrons. The van der Waals surface area contributed by atoms with Crippen LogP contribution in [0.1, 0.15) is 47.0 Å². The molecule has 20 heteroatoms. The number of H-pyrrole nitrogens is 2. The number of carbonyl (C=O) groups excluding carboxylic acids is 2. The summed E-state index contributed by atoms with van der Waals surface area (Å²) in [6, 6.07) is 30.7. The number of aromatic nitrogens is 6. The number of carbonyl (C=O) groups is 2. The largest absolute Gasteiger partial charge is 0.463 e. The van der Waals surface area contributed by atoms with Gasteiger partial charge in [0.25, 0.3) is 11.1 Å². The van der Waals surface area contributed by atoms with Crippen LogP contribution < -0.4 is 27.9 Å². The predicted molar refractivity (Wildman–Crippen MR) is 312 cm³/mol. The van der Waals surface area contributed by atoms with E-state index in [-0.39, 0.29) is 85.6 Å². The van der Waals surface area contributed by atoms with Gasteiger partial charge >= 0.3 is 11.9 Å². The van der Waals surface area contributed by atoms with Crippen molar-refractivity contribution in [3.8, 4) is 22.3 Å². The van der Waals surface area contributed by atoms with Gasteiger partial charge in [-0.15, -0.1) is 0 Å². The number of likely N-dealkylation sites (N-methyl/N-ethyl adjacent to an activating group) is 2. The Bertz CT molecular complexity index is 4480. The standard InChI is InChI=1S/C30H26FN5O4.C29H24FN5O4.2CH4/c1-35(2)11-13-40-30(38)27-25(20-7-5-10-33-29(20)37)26-23(15-21(31)19-9-12-39-28(19)26)36(27)16-17-14-24(32)34-22-8-4-3-6-18(17)22;1-32-10-12-39-29(37)26-24(19-6-4-9-33-28(19)36)25-22(14-20(30)18-8-11-38-27(18)25)35(26)15-16-13-23(31)34-21-7-3-2-5-17(16)21;;/h3-10,12,14-15H,11,13,16H2,1-2H3,(H2,32,34)(H,33,37);2-9,11,13-14,32H,10,12,15H2,1H3,(H2,31,34)(H,33,36);2*1H4. The fourth-order valence-corrected chi connectivity index (χ4v) is 10.2. The third-order valence-electron chi connectivity index (χ3n) is 13.7. The topological polar surface area (TPSA) is 248 Å².